The lowest BCUT2D eigenvalue weighted by molar-refractivity contribution is -0.118. The summed E-state index contributed by atoms with van der Waals surface area (Å²) in [6.07, 6.45) is 0. The summed E-state index contributed by atoms with van der Waals surface area (Å²) in [7, 11) is 0. The Balaban J connectivity index is 2.87. The van der Waals surface area contributed by atoms with Crippen LogP contribution in [0, 0.1) is 0 Å². The second kappa shape index (κ2) is 3.65. The average molecular weight is 220 g/mol. The third-order valence-electron chi connectivity index (χ3n) is 2.13. The normalized spacial score (nSPS) is 10.5. The summed E-state index contributed by atoms with van der Waals surface area (Å²) in [4.78, 5) is 33.5. The molecule has 1 aromatic carbocycles. The Morgan fingerprint density at radius 3 is 2.69 bits per heavy atom. The lowest BCUT2D eigenvalue weighted by Crippen LogP contribution is -2.30. The van der Waals surface area contributed by atoms with E-state index in [1.165, 1.54) is 6.07 Å². The van der Waals surface area contributed by atoms with Crippen molar-refractivity contribution in [3.63, 3.8) is 0 Å². The van der Waals surface area contributed by atoms with Gasteiger partial charge in [0.15, 0.2) is 0 Å². The Bertz CT molecular complexity index is 668. The molecule has 0 unspecified atom stereocenters. The van der Waals surface area contributed by atoms with Gasteiger partial charge in [0.2, 0.25) is 5.91 Å². The van der Waals surface area contributed by atoms with Crippen LogP contribution in [0.25, 0.3) is 10.9 Å². The first kappa shape index (κ1) is 10.2. The van der Waals surface area contributed by atoms with Gasteiger partial charge >= 0.3 is 11.4 Å². The van der Waals surface area contributed by atoms with Crippen LogP contribution >= 0.6 is 0 Å². The Morgan fingerprint density at radius 1 is 1.31 bits per heavy atom. The molecule has 2 N–H and O–H groups in total. The Hall–Kier alpha value is -2.37. The molecule has 6 heteroatoms. The molecule has 0 radical (unpaired) electrons. The molecule has 1 aromatic heterocycles. The summed E-state index contributed by atoms with van der Waals surface area (Å²) >= 11 is 0. The first-order valence-electron chi connectivity index (χ1n) is 4.50. The van der Waals surface area contributed by atoms with E-state index < -0.39 is 17.3 Å². The molecule has 0 aliphatic rings. The minimum absolute atomic E-state index is 0.239. The summed E-state index contributed by atoms with van der Waals surface area (Å²) in [6, 6.07) is 6.35. The number of nitrogens with zero attached hydrogens (tertiary/aromatic N) is 1. The molecule has 2 rings (SSSR count). The van der Waals surface area contributed by atoms with E-state index in [0.717, 1.165) is 4.57 Å². The Kier molecular flexibility index (Phi) is 2.32. The molecule has 0 atom stereocenters. The number of carbonyl (C=O) groups is 1. The van der Waals surface area contributed by atoms with Crippen molar-refractivity contribution >= 4 is 16.8 Å². The number of hydrogen-bond acceptors (Lipinski definition) is 4. The van der Waals surface area contributed by atoms with Crippen molar-refractivity contribution in [2.45, 2.75) is 6.54 Å². The van der Waals surface area contributed by atoms with Gasteiger partial charge in [-0.25, -0.2) is 9.59 Å². The van der Waals surface area contributed by atoms with E-state index in [2.05, 4.69) is 4.42 Å². The number of nitrogens with two attached hydrogens (primary N) is 1. The Morgan fingerprint density at radius 2 is 2.00 bits per heavy atom. The van der Waals surface area contributed by atoms with Crippen LogP contribution in [-0.2, 0) is 11.3 Å². The van der Waals surface area contributed by atoms with E-state index in [1.54, 1.807) is 18.2 Å². The zero-order valence-corrected chi connectivity index (χ0v) is 8.17. The molecule has 1 amide bonds. The van der Waals surface area contributed by atoms with E-state index in [-0.39, 0.29) is 11.9 Å². The van der Waals surface area contributed by atoms with E-state index in [9.17, 15) is 14.4 Å². The van der Waals surface area contributed by atoms with Gasteiger partial charge in [-0.05, 0) is 12.1 Å². The maximum absolute atomic E-state index is 11.4. The van der Waals surface area contributed by atoms with Gasteiger partial charge in [0.05, 0.1) is 10.9 Å². The fourth-order valence-corrected chi connectivity index (χ4v) is 1.47. The summed E-state index contributed by atoms with van der Waals surface area (Å²) in [5, 5.41) is 0.239. The number of primary amides is 1. The fourth-order valence-electron chi connectivity index (χ4n) is 1.47. The maximum Gasteiger partial charge on any atom is 0.422 e. The third kappa shape index (κ3) is 1.60. The van der Waals surface area contributed by atoms with Crippen molar-refractivity contribution in [3.8, 4) is 0 Å². The second-order valence-corrected chi connectivity index (χ2v) is 3.23. The van der Waals surface area contributed by atoms with Gasteiger partial charge in [-0.1, -0.05) is 12.1 Å². The zero-order chi connectivity index (χ0) is 11.7. The molecule has 82 valence electrons. The SMILES string of the molecule is NC(=O)Cn1c(=O)oc(=O)c2ccccc21. The molecule has 2 aromatic rings. The molecule has 0 saturated heterocycles. The largest absolute Gasteiger partial charge is 0.422 e. The van der Waals surface area contributed by atoms with Crippen LogP contribution in [0.15, 0.2) is 38.3 Å². The van der Waals surface area contributed by atoms with Crippen molar-refractivity contribution in [3.05, 3.63) is 45.2 Å². The second-order valence-electron chi connectivity index (χ2n) is 3.23. The minimum Gasteiger partial charge on any atom is -0.372 e. The smallest absolute Gasteiger partial charge is 0.372 e. The highest BCUT2D eigenvalue weighted by Crippen LogP contribution is 2.06. The molecule has 1 heterocycles. The predicted octanol–water partition coefficient (Wildman–Crippen LogP) is -0.560. The average Bonchev–Trinajstić information content (AvgIpc) is 2.24. The van der Waals surface area contributed by atoms with Crippen LogP contribution in [0.2, 0.25) is 0 Å². The summed E-state index contributed by atoms with van der Waals surface area (Å²) in [5.74, 6) is -1.57. The van der Waals surface area contributed by atoms with E-state index in [0.29, 0.717) is 5.52 Å². The molecular weight excluding hydrogens is 212 g/mol. The number of amides is 1. The van der Waals surface area contributed by atoms with Gasteiger partial charge in [0, 0.05) is 0 Å². The van der Waals surface area contributed by atoms with Crippen molar-refractivity contribution in [1.82, 2.24) is 4.57 Å². The van der Waals surface area contributed by atoms with Crippen molar-refractivity contribution in [2.75, 3.05) is 0 Å². The van der Waals surface area contributed by atoms with Crippen LogP contribution < -0.4 is 17.1 Å². The number of aromatic nitrogens is 1. The van der Waals surface area contributed by atoms with Crippen molar-refractivity contribution < 1.29 is 9.21 Å². The first-order valence-corrected chi connectivity index (χ1v) is 4.50. The maximum atomic E-state index is 11.4. The molecule has 0 fully saturated rings. The molecule has 16 heavy (non-hydrogen) atoms. The quantitative estimate of drug-likeness (QED) is 0.733. The monoisotopic (exact) mass is 220 g/mol. The third-order valence-corrected chi connectivity index (χ3v) is 2.13. The first-order chi connectivity index (χ1) is 7.59. The highest BCUT2D eigenvalue weighted by atomic mass is 16.4. The highest BCUT2D eigenvalue weighted by Gasteiger charge is 2.09. The van der Waals surface area contributed by atoms with Gasteiger partial charge in [-0.15, -0.1) is 0 Å². The molecule has 0 aliphatic heterocycles. The fraction of sp³-hybridized carbons (Fsp3) is 0.100. The van der Waals surface area contributed by atoms with Crippen LogP contribution in [0.3, 0.4) is 0 Å². The van der Waals surface area contributed by atoms with Gasteiger partial charge in [-0.3, -0.25) is 9.36 Å². The lowest BCUT2D eigenvalue weighted by atomic mass is 10.2. The van der Waals surface area contributed by atoms with Gasteiger partial charge in [-0.2, -0.15) is 0 Å². The van der Waals surface area contributed by atoms with Gasteiger partial charge in [0.25, 0.3) is 0 Å². The van der Waals surface area contributed by atoms with E-state index >= 15 is 0 Å². The number of hydrogen-bond donors (Lipinski definition) is 1. The lowest BCUT2D eigenvalue weighted by Gasteiger charge is -2.04. The molecule has 0 bridgehead atoms. The van der Waals surface area contributed by atoms with Gasteiger partial charge in [0.1, 0.15) is 6.54 Å². The summed E-state index contributed by atoms with van der Waals surface area (Å²) in [6.45, 7) is -0.316. The summed E-state index contributed by atoms with van der Waals surface area (Å²) in [5.41, 5.74) is 4.62. The van der Waals surface area contributed by atoms with Crippen molar-refractivity contribution in [2.24, 2.45) is 5.73 Å². The van der Waals surface area contributed by atoms with Crippen LogP contribution in [-0.4, -0.2) is 10.5 Å². The predicted molar refractivity (Wildman–Crippen MR) is 55.9 cm³/mol. The van der Waals surface area contributed by atoms with Crippen LogP contribution in [0.4, 0.5) is 0 Å². The number of fused-ring (bicyclic) bond motifs is 1. The molecule has 6 nitrogen and oxygen atoms in total. The van der Waals surface area contributed by atoms with E-state index in [1.807, 2.05) is 0 Å². The number of para-hydroxylation sites is 1. The highest BCUT2D eigenvalue weighted by molar-refractivity contribution is 5.80. The van der Waals surface area contributed by atoms with Crippen LogP contribution in [0.5, 0.6) is 0 Å². The Labute approximate surface area is 88.9 Å². The molecule has 0 aliphatic carbocycles. The van der Waals surface area contributed by atoms with Crippen molar-refractivity contribution in [1.29, 1.82) is 0 Å². The van der Waals surface area contributed by atoms with E-state index in [4.69, 9.17) is 5.73 Å². The van der Waals surface area contributed by atoms with Crippen LogP contribution in [0.1, 0.15) is 0 Å². The molecule has 0 saturated carbocycles. The number of carbonyl (C=O) groups excluding carboxylic acids is 1. The molecule has 0 spiro atoms. The number of rotatable bonds is 2. The number of benzene rings is 1. The van der Waals surface area contributed by atoms with Gasteiger partial charge < -0.3 is 10.2 Å². The standard InChI is InChI=1S/C10H8N2O4/c11-8(13)5-12-7-4-2-1-3-6(7)9(14)16-10(12)15/h1-4H,5H2,(H2,11,13). The minimum atomic E-state index is -0.887. The summed E-state index contributed by atoms with van der Waals surface area (Å²) < 4.78 is 5.49. The topological polar surface area (TPSA) is 95.3 Å². The zero-order valence-electron chi connectivity index (χ0n) is 8.17. The molecular formula is C10H8N2O4.